The molecule has 3 rings (SSSR count). The first-order valence-electron chi connectivity index (χ1n) is 8.22. The first-order chi connectivity index (χ1) is 12.6. The molecule has 1 aliphatic heterocycles. The van der Waals surface area contributed by atoms with Crippen LogP contribution in [0.2, 0.25) is 0 Å². The number of para-hydroxylation sites is 1. The summed E-state index contributed by atoms with van der Waals surface area (Å²) in [6, 6.07) is 14.5. The van der Waals surface area contributed by atoms with Crippen LogP contribution in [0.3, 0.4) is 0 Å². The molecule has 26 heavy (non-hydrogen) atoms. The van der Waals surface area contributed by atoms with Crippen molar-refractivity contribution in [3.63, 3.8) is 0 Å². The number of anilines is 2. The van der Waals surface area contributed by atoms with E-state index in [9.17, 15) is 9.59 Å². The van der Waals surface area contributed by atoms with Gasteiger partial charge in [0, 0.05) is 18.3 Å². The zero-order chi connectivity index (χ0) is 18.5. The van der Waals surface area contributed by atoms with Crippen molar-refractivity contribution in [1.29, 1.82) is 0 Å². The van der Waals surface area contributed by atoms with E-state index in [4.69, 9.17) is 14.6 Å². The number of hydrogen-bond donors (Lipinski definition) is 2. The highest BCUT2D eigenvalue weighted by Gasteiger charge is 2.30. The van der Waals surface area contributed by atoms with Crippen LogP contribution in [0.1, 0.15) is 10.4 Å². The molecule has 0 radical (unpaired) electrons. The maximum absolute atomic E-state index is 12.9. The van der Waals surface area contributed by atoms with Crippen LogP contribution < -0.4 is 10.1 Å². The summed E-state index contributed by atoms with van der Waals surface area (Å²) in [5, 5.41) is 12.3. The summed E-state index contributed by atoms with van der Waals surface area (Å²) in [4.78, 5) is 25.6. The number of rotatable bonds is 5. The lowest BCUT2D eigenvalue weighted by Gasteiger charge is -2.31. The number of carboxylic acid groups (broad SMARTS) is 1. The first kappa shape index (κ1) is 17.8. The Morgan fingerprint density at radius 2 is 2.04 bits per heavy atom. The SMILES string of the molecule is COc1cccc(Nc2ccccc2C(=O)N2CCOC(C(=O)O)C2)c1. The second-order valence-corrected chi connectivity index (χ2v) is 5.85. The molecule has 2 aromatic carbocycles. The molecule has 2 N–H and O–H groups in total. The van der Waals surface area contributed by atoms with Gasteiger partial charge in [-0.1, -0.05) is 18.2 Å². The van der Waals surface area contributed by atoms with Gasteiger partial charge in [-0.2, -0.15) is 0 Å². The van der Waals surface area contributed by atoms with Gasteiger partial charge in [-0.3, -0.25) is 4.79 Å². The number of methoxy groups -OCH3 is 1. The molecule has 0 spiro atoms. The average Bonchev–Trinajstić information content (AvgIpc) is 2.68. The molecule has 7 nitrogen and oxygen atoms in total. The van der Waals surface area contributed by atoms with E-state index in [2.05, 4.69) is 5.32 Å². The molecule has 1 aliphatic rings. The van der Waals surface area contributed by atoms with E-state index in [-0.39, 0.29) is 19.1 Å². The molecule has 0 saturated carbocycles. The molecular formula is C19H20N2O5. The van der Waals surface area contributed by atoms with Crippen LogP contribution in [0, 0.1) is 0 Å². The lowest BCUT2D eigenvalue weighted by molar-refractivity contribution is -0.154. The third kappa shape index (κ3) is 3.94. The van der Waals surface area contributed by atoms with Crippen molar-refractivity contribution in [1.82, 2.24) is 4.90 Å². The summed E-state index contributed by atoms with van der Waals surface area (Å²) in [5.41, 5.74) is 1.90. The number of aliphatic carboxylic acids is 1. The molecule has 136 valence electrons. The fourth-order valence-electron chi connectivity index (χ4n) is 2.79. The van der Waals surface area contributed by atoms with Crippen molar-refractivity contribution >= 4 is 23.3 Å². The summed E-state index contributed by atoms with van der Waals surface area (Å²) in [6.07, 6.45) is -0.994. The summed E-state index contributed by atoms with van der Waals surface area (Å²) in [7, 11) is 1.59. The molecule has 1 saturated heterocycles. The van der Waals surface area contributed by atoms with Gasteiger partial charge in [0.05, 0.1) is 31.5 Å². The van der Waals surface area contributed by atoms with Crippen molar-refractivity contribution in [3.8, 4) is 5.75 Å². The Morgan fingerprint density at radius 1 is 1.23 bits per heavy atom. The van der Waals surface area contributed by atoms with Crippen LogP contribution in [0.4, 0.5) is 11.4 Å². The van der Waals surface area contributed by atoms with Crippen molar-refractivity contribution in [2.45, 2.75) is 6.10 Å². The monoisotopic (exact) mass is 356 g/mol. The molecule has 0 aromatic heterocycles. The minimum Gasteiger partial charge on any atom is -0.497 e. The van der Waals surface area contributed by atoms with E-state index in [0.29, 0.717) is 23.5 Å². The maximum Gasteiger partial charge on any atom is 0.334 e. The largest absolute Gasteiger partial charge is 0.497 e. The summed E-state index contributed by atoms with van der Waals surface area (Å²) < 4.78 is 10.4. The van der Waals surface area contributed by atoms with Gasteiger partial charge in [0.25, 0.3) is 5.91 Å². The number of nitrogens with one attached hydrogen (secondary N) is 1. The normalized spacial score (nSPS) is 16.8. The number of ether oxygens (including phenoxy) is 2. The van der Waals surface area contributed by atoms with Gasteiger partial charge in [0.15, 0.2) is 6.10 Å². The Labute approximate surface area is 151 Å². The van der Waals surface area contributed by atoms with Crippen LogP contribution in [-0.4, -0.2) is 54.8 Å². The lowest BCUT2D eigenvalue weighted by atomic mass is 10.1. The van der Waals surface area contributed by atoms with Gasteiger partial charge in [0.1, 0.15) is 5.75 Å². The number of carbonyl (C=O) groups is 2. The molecule has 0 aliphatic carbocycles. The highest BCUT2D eigenvalue weighted by molar-refractivity contribution is 6.00. The maximum atomic E-state index is 12.9. The third-order valence-corrected chi connectivity index (χ3v) is 4.14. The molecule has 1 atom stereocenters. The molecule has 1 fully saturated rings. The number of benzene rings is 2. The summed E-state index contributed by atoms with van der Waals surface area (Å²) in [6.45, 7) is 0.589. The quantitative estimate of drug-likeness (QED) is 0.855. The lowest BCUT2D eigenvalue weighted by Crippen LogP contribution is -2.48. The van der Waals surface area contributed by atoms with Crippen molar-refractivity contribution in [2.24, 2.45) is 0 Å². The molecule has 1 heterocycles. The molecule has 1 unspecified atom stereocenters. The summed E-state index contributed by atoms with van der Waals surface area (Å²) in [5.74, 6) is -0.591. The van der Waals surface area contributed by atoms with Crippen molar-refractivity contribution in [2.75, 3.05) is 32.1 Å². The molecule has 7 heteroatoms. The fraction of sp³-hybridized carbons (Fsp3) is 0.263. The standard InChI is InChI=1S/C19H20N2O5/c1-25-14-6-4-5-13(11-14)20-16-8-3-2-7-15(16)18(22)21-9-10-26-17(12-21)19(23)24/h2-8,11,17,20H,9-10,12H2,1H3,(H,23,24). The highest BCUT2D eigenvalue weighted by Crippen LogP contribution is 2.25. The fourth-order valence-corrected chi connectivity index (χ4v) is 2.79. The second-order valence-electron chi connectivity index (χ2n) is 5.85. The van der Waals surface area contributed by atoms with Gasteiger partial charge in [-0.15, -0.1) is 0 Å². The average molecular weight is 356 g/mol. The minimum absolute atomic E-state index is 0.0294. The second kappa shape index (κ2) is 7.88. The van der Waals surface area contributed by atoms with E-state index >= 15 is 0 Å². The van der Waals surface area contributed by atoms with E-state index in [1.807, 2.05) is 36.4 Å². The van der Waals surface area contributed by atoms with E-state index in [0.717, 1.165) is 5.69 Å². The van der Waals surface area contributed by atoms with Gasteiger partial charge >= 0.3 is 5.97 Å². The van der Waals surface area contributed by atoms with Crippen molar-refractivity contribution < 1.29 is 24.2 Å². The minimum atomic E-state index is -1.06. The smallest absolute Gasteiger partial charge is 0.334 e. The zero-order valence-electron chi connectivity index (χ0n) is 14.3. The number of hydrogen-bond acceptors (Lipinski definition) is 5. The first-order valence-corrected chi connectivity index (χ1v) is 8.22. The molecular weight excluding hydrogens is 336 g/mol. The Bertz CT molecular complexity index is 808. The van der Waals surface area contributed by atoms with Crippen molar-refractivity contribution in [3.05, 3.63) is 54.1 Å². The number of nitrogens with zero attached hydrogens (tertiary/aromatic N) is 1. The van der Waals surface area contributed by atoms with E-state index in [1.54, 1.807) is 19.2 Å². The van der Waals surface area contributed by atoms with Crippen LogP contribution in [0.25, 0.3) is 0 Å². The van der Waals surface area contributed by atoms with Gasteiger partial charge in [-0.25, -0.2) is 4.79 Å². The number of amides is 1. The number of carbonyl (C=O) groups excluding carboxylic acids is 1. The van der Waals surface area contributed by atoms with E-state index < -0.39 is 12.1 Å². The topological polar surface area (TPSA) is 88.1 Å². The van der Waals surface area contributed by atoms with Crippen LogP contribution in [0.5, 0.6) is 5.75 Å². The Hall–Kier alpha value is -3.06. The third-order valence-electron chi connectivity index (χ3n) is 4.14. The summed E-state index contributed by atoms with van der Waals surface area (Å²) >= 11 is 0. The van der Waals surface area contributed by atoms with Gasteiger partial charge in [-0.05, 0) is 24.3 Å². The molecule has 2 aromatic rings. The van der Waals surface area contributed by atoms with Gasteiger partial charge < -0.3 is 24.8 Å². The zero-order valence-corrected chi connectivity index (χ0v) is 14.3. The molecule has 0 bridgehead atoms. The van der Waals surface area contributed by atoms with Crippen LogP contribution in [-0.2, 0) is 9.53 Å². The Morgan fingerprint density at radius 3 is 2.81 bits per heavy atom. The van der Waals surface area contributed by atoms with Crippen LogP contribution in [0.15, 0.2) is 48.5 Å². The predicted molar refractivity (Wildman–Crippen MR) is 96.0 cm³/mol. The Balaban J connectivity index is 1.82. The highest BCUT2D eigenvalue weighted by atomic mass is 16.5. The Kier molecular flexibility index (Phi) is 5.38. The van der Waals surface area contributed by atoms with E-state index in [1.165, 1.54) is 4.90 Å². The van der Waals surface area contributed by atoms with Gasteiger partial charge in [0.2, 0.25) is 0 Å². The molecule has 1 amide bonds. The van der Waals surface area contributed by atoms with Crippen LogP contribution >= 0.6 is 0 Å². The predicted octanol–water partition coefficient (Wildman–Crippen LogP) is 2.36. The number of morpholine rings is 1. The number of carboxylic acids is 1.